The zero-order valence-electron chi connectivity index (χ0n) is 11.8. The van der Waals surface area contributed by atoms with E-state index in [9.17, 15) is 4.79 Å². The van der Waals surface area contributed by atoms with Gasteiger partial charge in [-0.3, -0.25) is 4.79 Å². The molecule has 1 aromatic carbocycles. The fourth-order valence-corrected chi connectivity index (χ4v) is 1.95. The van der Waals surface area contributed by atoms with Gasteiger partial charge in [-0.2, -0.15) is 0 Å². The van der Waals surface area contributed by atoms with Crippen molar-refractivity contribution in [2.75, 3.05) is 6.54 Å². The Morgan fingerprint density at radius 1 is 1.42 bits per heavy atom. The molecule has 0 aliphatic carbocycles. The molecule has 106 valence electrons. The van der Waals surface area contributed by atoms with Crippen LogP contribution in [0.1, 0.15) is 38.7 Å². The van der Waals surface area contributed by atoms with Crippen LogP contribution in [0, 0.1) is 6.92 Å². The first-order chi connectivity index (χ1) is 9.04. The number of unbranched alkanes of at least 4 members (excludes halogenated alkanes) is 2. The highest BCUT2D eigenvalue weighted by molar-refractivity contribution is 6.30. The molecule has 0 saturated heterocycles. The van der Waals surface area contributed by atoms with E-state index < -0.39 is 6.10 Å². The van der Waals surface area contributed by atoms with Gasteiger partial charge in [0.25, 0.3) is 5.91 Å². The van der Waals surface area contributed by atoms with E-state index in [0.717, 1.165) is 24.8 Å². The van der Waals surface area contributed by atoms with Crippen molar-refractivity contribution in [3.63, 3.8) is 0 Å². The molecule has 1 atom stereocenters. The highest BCUT2D eigenvalue weighted by Crippen LogP contribution is 2.22. The predicted molar refractivity (Wildman–Crippen MR) is 78.8 cm³/mol. The Bertz CT molecular complexity index is 421. The summed E-state index contributed by atoms with van der Waals surface area (Å²) in [6.07, 6.45) is 2.79. The van der Waals surface area contributed by atoms with Crippen molar-refractivity contribution in [3.8, 4) is 5.75 Å². The van der Waals surface area contributed by atoms with Crippen LogP contribution in [0.25, 0.3) is 0 Å². The molecule has 0 unspecified atom stereocenters. The van der Waals surface area contributed by atoms with Crippen LogP contribution >= 0.6 is 11.6 Å². The molecule has 4 heteroatoms. The largest absolute Gasteiger partial charge is 0.481 e. The Hall–Kier alpha value is -1.22. The Morgan fingerprint density at radius 2 is 2.16 bits per heavy atom. The lowest BCUT2D eigenvalue weighted by Gasteiger charge is -2.16. The second-order valence-corrected chi connectivity index (χ2v) is 5.10. The van der Waals surface area contributed by atoms with Crippen LogP contribution in [-0.4, -0.2) is 18.6 Å². The molecule has 0 aromatic heterocycles. The van der Waals surface area contributed by atoms with E-state index in [0.29, 0.717) is 17.3 Å². The fourth-order valence-electron chi connectivity index (χ4n) is 1.72. The summed E-state index contributed by atoms with van der Waals surface area (Å²) in [5.74, 6) is 0.617. The van der Waals surface area contributed by atoms with E-state index in [2.05, 4.69) is 12.2 Å². The fraction of sp³-hybridized carbons (Fsp3) is 0.533. The maximum atomic E-state index is 11.8. The summed E-state index contributed by atoms with van der Waals surface area (Å²) in [6.45, 7) is 6.51. The summed E-state index contributed by atoms with van der Waals surface area (Å²) in [6, 6.07) is 5.37. The molecule has 1 N–H and O–H groups in total. The molecule has 19 heavy (non-hydrogen) atoms. The zero-order chi connectivity index (χ0) is 14.3. The van der Waals surface area contributed by atoms with Crippen LogP contribution in [0.5, 0.6) is 5.75 Å². The molecule has 0 radical (unpaired) electrons. The zero-order valence-corrected chi connectivity index (χ0v) is 12.6. The third-order valence-electron chi connectivity index (χ3n) is 2.89. The minimum Gasteiger partial charge on any atom is -0.481 e. The number of hydrogen-bond donors (Lipinski definition) is 1. The Balaban J connectivity index is 2.45. The van der Waals surface area contributed by atoms with Crippen LogP contribution in [0.2, 0.25) is 5.02 Å². The maximum absolute atomic E-state index is 11.8. The maximum Gasteiger partial charge on any atom is 0.260 e. The molecule has 0 spiro atoms. The van der Waals surface area contributed by atoms with Crippen molar-refractivity contribution in [2.24, 2.45) is 0 Å². The van der Waals surface area contributed by atoms with Gasteiger partial charge < -0.3 is 10.1 Å². The van der Waals surface area contributed by atoms with Crippen molar-refractivity contribution in [3.05, 3.63) is 28.8 Å². The first kappa shape index (κ1) is 15.8. The van der Waals surface area contributed by atoms with Crippen molar-refractivity contribution >= 4 is 17.5 Å². The number of benzene rings is 1. The number of hydrogen-bond acceptors (Lipinski definition) is 2. The Morgan fingerprint density at radius 3 is 2.79 bits per heavy atom. The number of carbonyl (C=O) groups is 1. The predicted octanol–water partition coefficient (Wildman–Crippen LogP) is 3.72. The van der Waals surface area contributed by atoms with E-state index >= 15 is 0 Å². The molecule has 0 heterocycles. The van der Waals surface area contributed by atoms with E-state index in [1.165, 1.54) is 0 Å². The lowest BCUT2D eigenvalue weighted by atomic mass is 10.2. The van der Waals surface area contributed by atoms with Crippen LogP contribution < -0.4 is 10.1 Å². The number of halogens is 1. The molecule has 0 saturated carbocycles. The van der Waals surface area contributed by atoms with Crippen LogP contribution in [0.4, 0.5) is 0 Å². The van der Waals surface area contributed by atoms with Crippen molar-refractivity contribution in [1.29, 1.82) is 0 Å². The highest BCUT2D eigenvalue weighted by Gasteiger charge is 2.14. The third kappa shape index (κ3) is 5.52. The van der Waals surface area contributed by atoms with E-state index in [-0.39, 0.29) is 5.91 Å². The number of amides is 1. The molecule has 1 amide bonds. The van der Waals surface area contributed by atoms with E-state index in [4.69, 9.17) is 16.3 Å². The molecule has 1 aromatic rings. The Labute approximate surface area is 120 Å². The third-order valence-corrected chi connectivity index (χ3v) is 3.12. The smallest absolute Gasteiger partial charge is 0.260 e. The van der Waals surface area contributed by atoms with Gasteiger partial charge in [-0.1, -0.05) is 31.4 Å². The average Bonchev–Trinajstić information content (AvgIpc) is 2.37. The molecule has 0 fully saturated rings. The van der Waals surface area contributed by atoms with Crippen LogP contribution in [-0.2, 0) is 4.79 Å². The molecule has 0 aliphatic rings. The van der Waals surface area contributed by atoms with E-state index in [1.807, 2.05) is 13.0 Å². The van der Waals surface area contributed by atoms with Gasteiger partial charge >= 0.3 is 0 Å². The minimum atomic E-state index is -0.499. The van der Waals surface area contributed by atoms with Crippen LogP contribution in [0.3, 0.4) is 0 Å². The molecule has 1 rings (SSSR count). The molecular formula is C15H22ClNO2. The van der Waals surface area contributed by atoms with Crippen molar-refractivity contribution < 1.29 is 9.53 Å². The normalized spacial score (nSPS) is 12.0. The summed E-state index contributed by atoms with van der Waals surface area (Å²) in [4.78, 5) is 11.8. The van der Waals surface area contributed by atoms with Gasteiger partial charge in [0.2, 0.25) is 0 Å². The Kier molecular flexibility index (Phi) is 6.71. The van der Waals surface area contributed by atoms with E-state index in [1.54, 1.807) is 19.1 Å². The number of ether oxygens (including phenoxy) is 1. The lowest BCUT2D eigenvalue weighted by Crippen LogP contribution is -2.36. The van der Waals surface area contributed by atoms with Crippen molar-refractivity contribution in [2.45, 2.75) is 46.1 Å². The van der Waals surface area contributed by atoms with Gasteiger partial charge in [-0.15, -0.1) is 0 Å². The number of carbonyl (C=O) groups excluding carboxylic acids is 1. The summed E-state index contributed by atoms with van der Waals surface area (Å²) in [7, 11) is 0. The van der Waals surface area contributed by atoms with Gasteiger partial charge in [0, 0.05) is 11.6 Å². The van der Waals surface area contributed by atoms with Crippen molar-refractivity contribution in [1.82, 2.24) is 5.32 Å². The molecule has 3 nitrogen and oxygen atoms in total. The van der Waals surface area contributed by atoms with Crippen LogP contribution in [0.15, 0.2) is 18.2 Å². The summed E-state index contributed by atoms with van der Waals surface area (Å²) < 4.78 is 5.65. The molecule has 0 bridgehead atoms. The second kappa shape index (κ2) is 8.05. The average molecular weight is 284 g/mol. The van der Waals surface area contributed by atoms with Gasteiger partial charge in [0.15, 0.2) is 6.10 Å². The lowest BCUT2D eigenvalue weighted by molar-refractivity contribution is -0.127. The van der Waals surface area contributed by atoms with Gasteiger partial charge in [-0.05, 0) is 44.0 Å². The quantitative estimate of drug-likeness (QED) is 0.775. The minimum absolute atomic E-state index is 0.0783. The first-order valence-electron chi connectivity index (χ1n) is 6.75. The summed E-state index contributed by atoms with van der Waals surface area (Å²) >= 11 is 5.88. The summed E-state index contributed by atoms with van der Waals surface area (Å²) in [5, 5.41) is 3.55. The topological polar surface area (TPSA) is 38.3 Å². The first-order valence-corrected chi connectivity index (χ1v) is 7.13. The second-order valence-electron chi connectivity index (χ2n) is 4.67. The standard InChI is InChI=1S/C15H22ClNO2/c1-4-5-6-9-17-15(18)12(3)19-14-8-7-13(16)10-11(14)2/h7-8,10,12H,4-6,9H2,1-3H3,(H,17,18)/t12-/m1/s1. The number of aryl methyl sites for hydroxylation is 1. The van der Waals surface area contributed by atoms with Gasteiger partial charge in [0.05, 0.1) is 0 Å². The van der Waals surface area contributed by atoms with Gasteiger partial charge in [0.1, 0.15) is 5.75 Å². The molecule has 0 aliphatic heterocycles. The highest BCUT2D eigenvalue weighted by atomic mass is 35.5. The summed E-state index contributed by atoms with van der Waals surface area (Å²) in [5.41, 5.74) is 0.929. The SMILES string of the molecule is CCCCCNC(=O)[C@@H](C)Oc1ccc(Cl)cc1C. The van der Waals surface area contributed by atoms with Gasteiger partial charge in [-0.25, -0.2) is 0 Å². The molecular weight excluding hydrogens is 262 g/mol. The number of nitrogens with one attached hydrogen (secondary N) is 1. The number of rotatable bonds is 7. The monoisotopic (exact) mass is 283 g/mol.